The molecule has 11 heteroatoms. The third-order valence-electron chi connectivity index (χ3n) is 4.12. The molecule has 0 aliphatic heterocycles. The van der Waals surface area contributed by atoms with E-state index in [1.165, 1.54) is 12.5 Å². The molecule has 0 fully saturated rings. The maximum absolute atomic E-state index is 13.0. The van der Waals surface area contributed by atoms with Crippen LogP contribution in [0.1, 0.15) is 16.2 Å². The fourth-order valence-electron chi connectivity index (χ4n) is 2.72. The standard InChI is InChI=1S/C18H14FN5O3S2/c1-27-11-4-2-10(3-5-11)24-17(26)13-12(8-28-15(13)20)14(23-24)16(25)22-18-21-9(6-19)7-29-18/h2-5,7-8H,6,20H2,1H3,(H,21,22,25). The molecule has 3 aromatic heterocycles. The van der Waals surface area contributed by atoms with Crippen LogP contribution in [-0.4, -0.2) is 27.8 Å². The second kappa shape index (κ2) is 7.60. The van der Waals surface area contributed by atoms with Crippen LogP contribution >= 0.6 is 22.7 Å². The maximum atomic E-state index is 13.0. The van der Waals surface area contributed by atoms with Crippen molar-refractivity contribution in [2.24, 2.45) is 0 Å². The number of carbonyl (C=O) groups is 1. The van der Waals surface area contributed by atoms with E-state index in [0.29, 0.717) is 16.8 Å². The molecule has 0 aliphatic carbocycles. The topological polar surface area (TPSA) is 112 Å². The number of halogens is 1. The van der Waals surface area contributed by atoms with Crippen molar-refractivity contribution in [3.05, 3.63) is 56.8 Å². The molecule has 0 atom stereocenters. The molecule has 0 bridgehead atoms. The normalized spacial score (nSPS) is 11.0. The van der Waals surface area contributed by atoms with E-state index in [1.54, 1.807) is 29.6 Å². The number of benzene rings is 1. The Hall–Kier alpha value is -3.31. The molecule has 1 amide bonds. The monoisotopic (exact) mass is 431 g/mol. The van der Waals surface area contributed by atoms with Crippen molar-refractivity contribution < 1.29 is 13.9 Å². The number of ether oxygens (including phenoxy) is 1. The summed E-state index contributed by atoms with van der Waals surface area (Å²) < 4.78 is 19.0. The van der Waals surface area contributed by atoms with Crippen LogP contribution < -0.4 is 21.3 Å². The summed E-state index contributed by atoms with van der Waals surface area (Å²) in [5, 5.41) is 11.1. The average molecular weight is 431 g/mol. The van der Waals surface area contributed by atoms with Crippen molar-refractivity contribution in [1.29, 1.82) is 0 Å². The Labute approximate surface area is 171 Å². The summed E-state index contributed by atoms with van der Waals surface area (Å²) >= 11 is 2.25. The molecule has 4 aromatic rings. The van der Waals surface area contributed by atoms with E-state index in [4.69, 9.17) is 10.5 Å². The van der Waals surface area contributed by atoms with Gasteiger partial charge in [0.15, 0.2) is 10.8 Å². The molecule has 148 valence electrons. The lowest BCUT2D eigenvalue weighted by Gasteiger charge is -2.10. The summed E-state index contributed by atoms with van der Waals surface area (Å²) in [7, 11) is 1.53. The van der Waals surface area contributed by atoms with Crippen LogP contribution in [0.25, 0.3) is 16.5 Å². The highest BCUT2D eigenvalue weighted by Crippen LogP contribution is 2.28. The van der Waals surface area contributed by atoms with E-state index in [2.05, 4.69) is 15.4 Å². The van der Waals surface area contributed by atoms with Crippen LogP contribution in [0.4, 0.5) is 14.5 Å². The van der Waals surface area contributed by atoms with Crippen molar-refractivity contribution in [3.63, 3.8) is 0 Å². The lowest BCUT2D eigenvalue weighted by atomic mass is 10.2. The van der Waals surface area contributed by atoms with Gasteiger partial charge < -0.3 is 10.5 Å². The first kappa shape index (κ1) is 19.0. The molecule has 3 heterocycles. The molecule has 29 heavy (non-hydrogen) atoms. The Morgan fingerprint density at radius 1 is 1.28 bits per heavy atom. The number of aromatic nitrogens is 3. The molecule has 3 N–H and O–H groups in total. The number of anilines is 2. The average Bonchev–Trinajstić information content (AvgIpc) is 3.35. The van der Waals surface area contributed by atoms with Gasteiger partial charge in [-0.3, -0.25) is 14.9 Å². The Bertz CT molecular complexity index is 1260. The van der Waals surface area contributed by atoms with E-state index in [-0.39, 0.29) is 26.9 Å². The first-order chi connectivity index (χ1) is 14.0. The number of alkyl halides is 1. The van der Waals surface area contributed by atoms with Crippen LogP contribution in [0.2, 0.25) is 0 Å². The van der Waals surface area contributed by atoms with E-state index >= 15 is 0 Å². The van der Waals surface area contributed by atoms with Gasteiger partial charge in [-0.2, -0.15) is 9.78 Å². The predicted octanol–water partition coefficient (Wildman–Crippen LogP) is 3.22. The summed E-state index contributed by atoms with van der Waals surface area (Å²) in [5.41, 5.74) is 6.24. The van der Waals surface area contributed by atoms with Gasteiger partial charge in [0.2, 0.25) is 0 Å². The Kier molecular flexibility index (Phi) is 4.99. The first-order valence-electron chi connectivity index (χ1n) is 8.28. The van der Waals surface area contributed by atoms with Crippen LogP contribution in [-0.2, 0) is 6.67 Å². The summed E-state index contributed by atoms with van der Waals surface area (Å²) in [6, 6.07) is 6.66. The molecule has 0 aliphatic rings. The molecule has 1 aromatic carbocycles. The number of nitrogen functional groups attached to an aromatic ring is 1. The van der Waals surface area contributed by atoms with Crippen LogP contribution in [0.3, 0.4) is 0 Å². The quantitative estimate of drug-likeness (QED) is 0.502. The third kappa shape index (κ3) is 3.45. The SMILES string of the molecule is COc1ccc(-n2nc(C(=O)Nc3nc(CF)cs3)c3csc(N)c3c2=O)cc1. The van der Waals surface area contributed by atoms with Crippen molar-refractivity contribution in [3.8, 4) is 11.4 Å². The van der Waals surface area contributed by atoms with Gasteiger partial charge in [0.25, 0.3) is 11.5 Å². The molecule has 0 radical (unpaired) electrons. The minimum absolute atomic E-state index is 0.0142. The summed E-state index contributed by atoms with van der Waals surface area (Å²) in [6.07, 6.45) is 0. The number of carbonyl (C=O) groups excluding carboxylic acids is 1. The number of rotatable bonds is 5. The highest BCUT2D eigenvalue weighted by Gasteiger charge is 2.21. The second-order valence-corrected chi connectivity index (χ2v) is 7.65. The van der Waals surface area contributed by atoms with Crippen LogP contribution in [0.15, 0.2) is 39.8 Å². The van der Waals surface area contributed by atoms with E-state index < -0.39 is 18.1 Å². The molecular weight excluding hydrogens is 417 g/mol. The van der Waals surface area contributed by atoms with E-state index in [9.17, 15) is 14.0 Å². The minimum Gasteiger partial charge on any atom is -0.497 e. The van der Waals surface area contributed by atoms with E-state index in [0.717, 1.165) is 27.4 Å². The molecule has 0 saturated carbocycles. The van der Waals surface area contributed by atoms with Gasteiger partial charge >= 0.3 is 0 Å². The van der Waals surface area contributed by atoms with Crippen molar-refractivity contribution in [2.45, 2.75) is 6.67 Å². The summed E-state index contributed by atoms with van der Waals surface area (Å²) in [5.74, 6) is 0.0400. The zero-order chi connectivity index (χ0) is 20.5. The minimum atomic E-state index is -0.724. The number of fused-ring (bicyclic) bond motifs is 1. The number of amides is 1. The van der Waals surface area contributed by atoms with Crippen molar-refractivity contribution in [2.75, 3.05) is 18.2 Å². The van der Waals surface area contributed by atoms with E-state index in [1.807, 2.05) is 0 Å². The summed E-state index contributed by atoms with van der Waals surface area (Å²) in [4.78, 5) is 29.8. The second-order valence-electron chi connectivity index (χ2n) is 5.88. The maximum Gasteiger partial charge on any atom is 0.282 e. The third-order valence-corrected chi connectivity index (χ3v) is 5.74. The highest BCUT2D eigenvalue weighted by atomic mass is 32.1. The number of hydrogen-bond acceptors (Lipinski definition) is 8. The molecule has 8 nitrogen and oxygen atoms in total. The van der Waals surface area contributed by atoms with Crippen LogP contribution in [0, 0.1) is 0 Å². The Balaban J connectivity index is 1.83. The lowest BCUT2D eigenvalue weighted by molar-refractivity contribution is 0.102. The number of thiophene rings is 1. The molecular formula is C18H14FN5O3S2. The van der Waals surface area contributed by atoms with Gasteiger partial charge in [0.05, 0.1) is 28.9 Å². The van der Waals surface area contributed by atoms with Gasteiger partial charge in [0, 0.05) is 16.1 Å². The largest absolute Gasteiger partial charge is 0.497 e. The van der Waals surface area contributed by atoms with Gasteiger partial charge in [-0.05, 0) is 24.3 Å². The number of nitrogens with zero attached hydrogens (tertiary/aromatic N) is 3. The van der Waals surface area contributed by atoms with Crippen molar-refractivity contribution in [1.82, 2.24) is 14.8 Å². The first-order valence-corrected chi connectivity index (χ1v) is 10.0. The van der Waals surface area contributed by atoms with Gasteiger partial charge in [0.1, 0.15) is 12.4 Å². The Morgan fingerprint density at radius 3 is 2.69 bits per heavy atom. The van der Waals surface area contributed by atoms with Crippen LogP contribution in [0.5, 0.6) is 5.75 Å². The number of thiazole rings is 1. The molecule has 0 spiro atoms. The molecule has 0 unspecified atom stereocenters. The number of nitrogens with two attached hydrogens (primary N) is 1. The van der Waals surface area contributed by atoms with Gasteiger partial charge in [-0.25, -0.2) is 9.37 Å². The molecule has 0 saturated heterocycles. The van der Waals surface area contributed by atoms with Gasteiger partial charge in [-0.1, -0.05) is 0 Å². The highest BCUT2D eigenvalue weighted by molar-refractivity contribution is 7.16. The zero-order valence-electron chi connectivity index (χ0n) is 15.0. The smallest absolute Gasteiger partial charge is 0.282 e. The predicted molar refractivity (Wildman–Crippen MR) is 111 cm³/mol. The molecule has 4 rings (SSSR count). The number of hydrogen-bond donors (Lipinski definition) is 2. The Morgan fingerprint density at radius 2 is 2.03 bits per heavy atom. The van der Waals surface area contributed by atoms with Gasteiger partial charge in [-0.15, -0.1) is 22.7 Å². The fourth-order valence-corrected chi connectivity index (χ4v) is 4.20. The number of methoxy groups -OCH3 is 1. The number of nitrogens with one attached hydrogen (secondary N) is 1. The zero-order valence-corrected chi connectivity index (χ0v) is 16.6. The lowest BCUT2D eigenvalue weighted by Crippen LogP contribution is -2.26. The van der Waals surface area contributed by atoms with Crippen molar-refractivity contribution >= 4 is 49.5 Å². The fraction of sp³-hybridized carbons (Fsp3) is 0.111. The summed E-state index contributed by atoms with van der Waals surface area (Å²) in [6.45, 7) is -0.724.